The van der Waals surface area contributed by atoms with Gasteiger partial charge in [-0.1, -0.05) is 0 Å². The number of anilines is 3. The molecule has 1 aliphatic carbocycles. The third-order valence-electron chi connectivity index (χ3n) is 6.82. The molecule has 2 heterocycles. The molecule has 36 heavy (non-hydrogen) atoms. The Morgan fingerprint density at radius 3 is 1.47 bits per heavy atom. The molecule has 5 aromatic rings. The third kappa shape index (κ3) is 3.12. The van der Waals surface area contributed by atoms with Crippen LogP contribution in [0.1, 0.15) is 25.2 Å². The first kappa shape index (κ1) is 21.1. The fourth-order valence-corrected chi connectivity index (χ4v) is 7.25. The molecular weight excluding hydrogens is 509 g/mol. The van der Waals surface area contributed by atoms with Crippen molar-refractivity contribution in [3.63, 3.8) is 0 Å². The monoisotopic (exact) mass is 529 g/mol. The van der Waals surface area contributed by atoms with Gasteiger partial charge in [0.2, 0.25) is 0 Å². The number of benzene rings is 4. The van der Waals surface area contributed by atoms with E-state index in [1.165, 1.54) is 22.3 Å². The van der Waals surface area contributed by atoms with Gasteiger partial charge in [-0.3, -0.25) is 0 Å². The normalized spacial score (nSPS) is 13.6. The second-order valence-electron chi connectivity index (χ2n) is 8.85. The van der Waals surface area contributed by atoms with Crippen molar-refractivity contribution < 1.29 is 9.59 Å². The maximum absolute atomic E-state index is 12.9. The second-order valence-corrected chi connectivity index (χ2v) is 11.1. The number of ketones is 2. The molecule has 0 N–H and O–H groups in total. The average molecular weight is 528 g/mol. The van der Waals surface area contributed by atoms with Crippen LogP contribution in [0.3, 0.4) is 0 Å². The number of nitrogens with zero attached hydrogens (tertiary/aromatic N) is 1. The van der Waals surface area contributed by atoms with Crippen LogP contribution >= 0.6 is 0 Å². The van der Waals surface area contributed by atoms with Crippen molar-refractivity contribution in [2.75, 3.05) is 4.90 Å². The van der Waals surface area contributed by atoms with Crippen molar-refractivity contribution in [2.45, 2.75) is 0 Å². The van der Waals surface area contributed by atoms with Gasteiger partial charge in [0.25, 0.3) is 0 Å². The standard InChI is InChI=1S/C32H19NO2Se/c34-31-25-13-3-4-14-26(25)32(35)27(31)19-20-17-18-30(36-20)33-28-15-7-5-11-23(28)21-9-1-2-10-22(21)24-12-6-8-16-29(24)33/h1-19H. The first-order chi connectivity index (χ1) is 17.7. The molecule has 0 spiro atoms. The third-order valence-corrected chi connectivity index (χ3v) is 8.96. The summed E-state index contributed by atoms with van der Waals surface area (Å²) in [6, 6.07) is 36.8. The SMILES string of the molecule is O=C1C(=Cc2ccc(N3c4ccccc4-c4ccccc4-c4ccccc43)[se]2)C(=O)c2ccccc21. The van der Waals surface area contributed by atoms with E-state index in [-0.39, 0.29) is 31.6 Å². The topological polar surface area (TPSA) is 37.4 Å². The van der Waals surface area contributed by atoms with Crippen molar-refractivity contribution in [3.8, 4) is 22.3 Å². The quantitative estimate of drug-likeness (QED) is 0.134. The van der Waals surface area contributed by atoms with Crippen LogP contribution in [0.15, 0.2) is 115 Å². The van der Waals surface area contributed by atoms with Crippen LogP contribution in [0.5, 0.6) is 0 Å². The number of para-hydroxylation sites is 2. The molecule has 1 aromatic heterocycles. The number of allylic oxidation sites excluding steroid dienone is 1. The summed E-state index contributed by atoms with van der Waals surface area (Å²) in [5.41, 5.74) is 8.32. The average Bonchev–Trinajstić information content (AvgIpc) is 3.44. The minimum absolute atomic E-state index is 0.0842. The van der Waals surface area contributed by atoms with Gasteiger partial charge in [-0.2, -0.15) is 0 Å². The number of carbonyl (C=O) groups excluding carboxylic acids is 2. The van der Waals surface area contributed by atoms with Gasteiger partial charge in [0.1, 0.15) is 0 Å². The van der Waals surface area contributed by atoms with Crippen LogP contribution < -0.4 is 4.90 Å². The van der Waals surface area contributed by atoms with Crippen molar-refractivity contribution >= 4 is 48.1 Å². The molecule has 0 radical (unpaired) electrons. The molecule has 7 rings (SSSR count). The summed E-state index contributed by atoms with van der Waals surface area (Å²) in [6.45, 7) is 0. The number of hydrogen-bond acceptors (Lipinski definition) is 3. The molecular formula is C32H19NO2Se. The second kappa shape index (κ2) is 8.17. The van der Waals surface area contributed by atoms with Crippen molar-refractivity contribution in [1.82, 2.24) is 0 Å². The maximum atomic E-state index is 12.9. The molecule has 0 bridgehead atoms. The van der Waals surface area contributed by atoms with Crippen molar-refractivity contribution in [1.29, 1.82) is 0 Å². The van der Waals surface area contributed by atoms with Gasteiger partial charge in [-0.15, -0.1) is 0 Å². The molecule has 0 atom stereocenters. The van der Waals surface area contributed by atoms with Gasteiger partial charge in [0.05, 0.1) is 0 Å². The Labute approximate surface area is 214 Å². The van der Waals surface area contributed by atoms with Crippen molar-refractivity contribution in [3.05, 3.63) is 130 Å². The molecule has 0 amide bonds. The van der Waals surface area contributed by atoms with Gasteiger partial charge in [-0.05, 0) is 0 Å². The number of rotatable bonds is 2. The molecule has 4 heteroatoms. The van der Waals surface area contributed by atoms with Gasteiger partial charge in [-0.25, -0.2) is 0 Å². The van der Waals surface area contributed by atoms with Crippen LogP contribution in [0.25, 0.3) is 28.3 Å². The number of carbonyl (C=O) groups is 2. The Morgan fingerprint density at radius 1 is 0.500 bits per heavy atom. The Balaban J connectivity index is 1.38. The molecule has 0 unspecified atom stereocenters. The van der Waals surface area contributed by atoms with Crippen LogP contribution in [0.2, 0.25) is 0 Å². The Kier molecular flexibility index (Phi) is 4.78. The molecule has 0 saturated heterocycles. The van der Waals surface area contributed by atoms with E-state index in [1.807, 2.05) is 0 Å². The van der Waals surface area contributed by atoms with E-state index in [2.05, 4.69) is 89.8 Å². The van der Waals surface area contributed by atoms with E-state index in [4.69, 9.17) is 0 Å². The molecule has 1 aliphatic heterocycles. The predicted octanol–water partition coefficient (Wildman–Crippen LogP) is 7.32. The summed E-state index contributed by atoms with van der Waals surface area (Å²) in [5, 5.41) is 0. The van der Waals surface area contributed by atoms with Crippen LogP contribution in [0, 0.1) is 0 Å². The Morgan fingerprint density at radius 2 is 0.944 bits per heavy atom. The first-order valence-corrected chi connectivity index (χ1v) is 13.5. The number of hydrogen-bond donors (Lipinski definition) is 0. The predicted molar refractivity (Wildman–Crippen MR) is 146 cm³/mol. The van der Waals surface area contributed by atoms with Gasteiger partial charge < -0.3 is 0 Å². The van der Waals surface area contributed by atoms with Gasteiger partial charge in [0, 0.05) is 0 Å². The van der Waals surface area contributed by atoms with E-state index < -0.39 is 0 Å². The molecule has 170 valence electrons. The fraction of sp³-hybridized carbons (Fsp3) is 0. The zero-order valence-corrected chi connectivity index (χ0v) is 20.9. The zero-order valence-electron chi connectivity index (χ0n) is 19.1. The molecule has 0 fully saturated rings. The summed E-state index contributed by atoms with van der Waals surface area (Å²) < 4.78 is 2.18. The molecule has 2 aliphatic rings. The summed E-state index contributed by atoms with van der Waals surface area (Å²) in [6.07, 6.45) is 1.80. The first-order valence-electron chi connectivity index (χ1n) is 11.8. The molecule has 4 aromatic carbocycles. The van der Waals surface area contributed by atoms with E-state index in [0.29, 0.717) is 11.1 Å². The summed E-state index contributed by atoms with van der Waals surface area (Å²) in [7, 11) is 0. The van der Waals surface area contributed by atoms with Crippen LogP contribution in [0.4, 0.5) is 15.9 Å². The molecule has 0 saturated carbocycles. The summed E-state index contributed by atoms with van der Waals surface area (Å²) in [5.74, 6) is -0.358. The van der Waals surface area contributed by atoms with E-state index in [0.717, 1.165) is 20.4 Å². The summed E-state index contributed by atoms with van der Waals surface area (Å²) in [4.78, 5) is 28.2. The fourth-order valence-electron chi connectivity index (χ4n) is 5.20. The minimum atomic E-state index is -0.179. The van der Waals surface area contributed by atoms with Gasteiger partial charge in [0.15, 0.2) is 0 Å². The van der Waals surface area contributed by atoms with Crippen LogP contribution in [-0.2, 0) is 0 Å². The van der Waals surface area contributed by atoms with Gasteiger partial charge >= 0.3 is 215 Å². The zero-order chi connectivity index (χ0) is 24.2. The van der Waals surface area contributed by atoms with E-state index in [1.54, 1.807) is 30.3 Å². The molecule has 3 nitrogen and oxygen atoms in total. The van der Waals surface area contributed by atoms with E-state index in [9.17, 15) is 9.59 Å². The Hall–Kier alpha value is -4.24. The van der Waals surface area contributed by atoms with Crippen molar-refractivity contribution in [2.24, 2.45) is 0 Å². The Bertz CT molecular complexity index is 1640. The van der Waals surface area contributed by atoms with Crippen LogP contribution in [-0.4, -0.2) is 26.1 Å². The number of Topliss-reactive ketones (excluding diaryl/α,β-unsaturated/α-hetero) is 2. The summed E-state index contributed by atoms with van der Waals surface area (Å²) >= 11 is -0.0842. The van der Waals surface area contributed by atoms with E-state index >= 15 is 0 Å². The number of fused-ring (bicyclic) bond motifs is 6.